The monoisotopic (exact) mass is 360 g/mol. The first-order chi connectivity index (χ1) is 9.97. The zero-order valence-electron chi connectivity index (χ0n) is 10.7. The fraction of sp³-hybridized carbons (Fsp3) is 0.143. The average Bonchev–Trinajstić information content (AvgIpc) is 2.47. The molecule has 1 heterocycles. The van der Waals surface area contributed by atoms with Gasteiger partial charge in [-0.3, -0.25) is 9.78 Å². The number of amides is 1. The molecular formula is C14H11Cl3N2OS. The zero-order valence-corrected chi connectivity index (χ0v) is 13.8. The van der Waals surface area contributed by atoms with Crippen molar-refractivity contribution in [2.24, 2.45) is 0 Å². The van der Waals surface area contributed by atoms with Crippen LogP contribution in [0.1, 0.15) is 10.4 Å². The molecule has 0 aliphatic heterocycles. The highest BCUT2D eigenvalue weighted by molar-refractivity contribution is 8.00. The third-order valence-corrected chi connectivity index (χ3v) is 4.77. The maximum Gasteiger partial charge on any atom is 0.253 e. The Labute approximate surface area is 142 Å². The lowest BCUT2D eigenvalue weighted by molar-refractivity contribution is 0.0949. The Balaban J connectivity index is 2.12. The molecule has 1 N–H and O–H groups in total. The SMILES string of the molecule is O=C(N[C@H](Sc1ccccc1)C(Cl)(Cl)Cl)c1cccnc1. The first-order valence-electron chi connectivity index (χ1n) is 5.96. The van der Waals surface area contributed by atoms with Gasteiger partial charge >= 0.3 is 0 Å². The van der Waals surface area contributed by atoms with Gasteiger partial charge in [-0.2, -0.15) is 0 Å². The van der Waals surface area contributed by atoms with Crippen LogP contribution in [0.4, 0.5) is 0 Å². The number of hydrogen-bond donors (Lipinski definition) is 1. The van der Waals surface area contributed by atoms with Gasteiger partial charge in [0.25, 0.3) is 5.91 Å². The molecule has 1 amide bonds. The minimum atomic E-state index is -1.64. The van der Waals surface area contributed by atoms with E-state index in [0.717, 1.165) is 4.90 Å². The molecule has 0 spiro atoms. The molecule has 2 aromatic rings. The fourth-order valence-corrected chi connectivity index (χ4v) is 2.96. The number of thioether (sulfide) groups is 1. The summed E-state index contributed by atoms with van der Waals surface area (Å²) in [7, 11) is 0. The first kappa shape index (κ1) is 16.4. The molecule has 0 saturated heterocycles. The number of aromatic nitrogens is 1. The molecule has 21 heavy (non-hydrogen) atoms. The third kappa shape index (κ3) is 5.08. The van der Waals surface area contributed by atoms with E-state index in [1.807, 2.05) is 30.3 Å². The number of alkyl halides is 3. The van der Waals surface area contributed by atoms with Crippen LogP contribution in [0.25, 0.3) is 0 Å². The highest BCUT2D eigenvalue weighted by Gasteiger charge is 2.35. The largest absolute Gasteiger partial charge is 0.336 e. The molecule has 1 aromatic carbocycles. The number of nitrogens with zero attached hydrogens (tertiary/aromatic N) is 1. The van der Waals surface area contributed by atoms with Crippen LogP contribution in [-0.2, 0) is 0 Å². The van der Waals surface area contributed by atoms with E-state index in [1.54, 1.807) is 18.3 Å². The molecule has 0 bridgehead atoms. The zero-order chi connectivity index (χ0) is 15.3. The van der Waals surface area contributed by atoms with E-state index in [1.165, 1.54) is 18.0 Å². The van der Waals surface area contributed by atoms with Gasteiger partial charge in [-0.1, -0.05) is 64.8 Å². The van der Waals surface area contributed by atoms with Gasteiger partial charge in [0.2, 0.25) is 3.79 Å². The lowest BCUT2D eigenvalue weighted by atomic mass is 10.3. The van der Waals surface area contributed by atoms with Crippen molar-refractivity contribution in [1.29, 1.82) is 0 Å². The van der Waals surface area contributed by atoms with Crippen LogP contribution in [0.3, 0.4) is 0 Å². The van der Waals surface area contributed by atoms with Gasteiger partial charge < -0.3 is 5.32 Å². The Bertz CT molecular complexity index is 590. The van der Waals surface area contributed by atoms with Crippen molar-refractivity contribution in [1.82, 2.24) is 10.3 Å². The summed E-state index contributed by atoms with van der Waals surface area (Å²) in [5.41, 5.74) is 0.408. The van der Waals surface area contributed by atoms with Crippen molar-refractivity contribution in [2.75, 3.05) is 0 Å². The van der Waals surface area contributed by atoms with Crippen molar-refractivity contribution in [3.8, 4) is 0 Å². The molecule has 3 nitrogen and oxygen atoms in total. The summed E-state index contributed by atoms with van der Waals surface area (Å²) >= 11 is 19.2. The predicted octanol–water partition coefficient (Wildman–Crippen LogP) is 4.30. The molecule has 1 atom stereocenters. The van der Waals surface area contributed by atoms with Crippen LogP contribution in [0, 0.1) is 0 Å². The number of carbonyl (C=O) groups excluding carboxylic acids is 1. The van der Waals surface area contributed by atoms with E-state index in [9.17, 15) is 4.79 Å². The van der Waals surface area contributed by atoms with E-state index in [-0.39, 0.29) is 5.91 Å². The standard InChI is InChI=1S/C14H11Cl3N2OS/c15-14(16,17)13(21-11-6-2-1-3-7-11)19-12(20)10-5-4-8-18-9-10/h1-9,13H,(H,19,20)/t13-/m1/s1. The van der Waals surface area contributed by atoms with Crippen molar-refractivity contribution < 1.29 is 4.79 Å². The minimum absolute atomic E-state index is 0.345. The second kappa shape index (κ2) is 7.36. The number of halogens is 3. The smallest absolute Gasteiger partial charge is 0.253 e. The van der Waals surface area contributed by atoms with Crippen molar-refractivity contribution in [2.45, 2.75) is 14.1 Å². The molecule has 0 unspecified atom stereocenters. The summed E-state index contributed by atoms with van der Waals surface area (Å²) in [6, 6.07) is 12.7. The van der Waals surface area contributed by atoms with E-state index in [4.69, 9.17) is 34.8 Å². The molecule has 0 fully saturated rings. The maximum absolute atomic E-state index is 12.2. The van der Waals surface area contributed by atoms with Crippen LogP contribution in [0.2, 0.25) is 0 Å². The quantitative estimate of drug-likeness (QED) is 0.501. The summed E-state index contributed by atoms with van der Waals surface area (Å²) in [5.74, 6) is -0.345. The normalized spacial score (nSPS) is 12.7. The number of hydrogen-bond acceptors (Lipinski definition) is 3. The first-order valence-corrected chi connectivity index (χ1v) is 7.97. The lowest BCUT2D eigenvalue weighted by Gasteiger charge is -2.25. The van der Waals surface area contributed by atoms with Crippen LogP contribution in [-0.4, -0.2) is 20.1 Å². The third-order valence-electron chi connectivity index (χ3n) is 2.48. The Kier molecular flexibility index (Phi) is 5.76. The van der Waals surface area contributed by atoms with E-state index < -0.39 is 9.17 Å². The van der Waals surface area contributed by atoms with Crippen LogP contribution in [0.15, 0.2) is 59.8 Å². The molecule has 2 rings (SSSR count). The second-order valence-electron chi connectivity index (χ2n) is 4.07. The van der Waals surface area contributed by atoms with Gasteiger partial charge in [0.05, 0.1) is 5.56 Å². The lowest BCUT2D eigenvalue weighted by Crippen LogP contribution is -2.41. The van der Waals surface area contributed by atoms with Crippen LogP contribution >= 0.6 is 46.6 Å². The summed E-state index contributed by atoms with van der Waals surface area (Å²) in [6.45, 7) is 0. The van der Waals surface area contributed by atoms with Gasteiger partial charge in [-0.05, 0) is 24.3 Å². The average molecular weight is 362 g/mol. The minimum Gasteiger partial charge on any atom is -0.336 e. The predicted molar refractivity (Wildman–Crippen MR) is 88.1 cm³/mol. The molecule has 0 radical (unpaired) electrons. The summed E-state index contributed by atoms with van der Waals surface area (Å²) in [6.07, 6.45) is 3.04. The van der Waals surface area contributed by atoms with Gasteiger partial charge in [0.15, 0.2) is 0 Å². The fourth-order valence-electron chi connectivity index (χ4n) is 1.51. The topological polar surface area (TPSA) is 42.0 Å². The van der Waals surface area contributed by atoms with Gasteiger partial charge in [-0.25, -0.2) is 0 Å². The summed E-state index contributed by atoms with van der Waals surface area (Å²) < 4.78 is -1.64. The Morgan fingerprint density at radius 3 is 2.43 bits per heavy atom. The van der Waals surface area contributed by atoms with E-state index in [2.05, 4.69) is 10.3 Å². The van der Waals surface area contributed by atoms with Gasteiger partial charge in [0, 0.05) is 17.3 Å². The number of nitrogens with one attached hydrogen (secondary N) is 1. The molecule has 0 aliphatic rings. The second-order valence-corrected chi connectivity index (χ2v) is 7.62. The van der Waals surface area contributed by atoms with Crippen molar-refractivity contribution in [3.05, 3.63) is 60.4 Å². The van der Waals surface area contributed by atoms with Crippen LogP contribution < -0.4 is 5.32 Å². The number of rotatable bonds is 4. The van der Waals surface area contributed by atoms with E-state index in [0.29, 0.717) is 5.56 Å². The number of benzene rings is 1. The van der Waals surface area contributed by atoms with E-state index >= 15 is 0 Å². The Hall–Kier alpha value is -0.940. The highest BCUT2D eigenvalue weighted by atomic mass is 35.6. The molecule has 110 valence electrons. The van der Waals surface area contributed by atoms with Gasteiger partial charge in [0.1, 0.15) is 5.37 Å². The number of pyridine rings is 1. The molecular weight excluding hydrogens is 351 g/mol. The van der Waals surface area contributed by atoms with Gasteiger partial charge in [-0.15, -0.1) is 0 Å². The van der Waals surface area contributed by atoms with Crippen LogP contribution in [0.5, 0.6) is 0 Å². The Morgan fingerprint density at radius 2 is 1.86 bits per heavy atom. The maximum atomic E-state index is 12.2. The molecule has 1 aromatic heterocycles. The molecule has 7 heteroatoms. The number of carbonyl (C=O) groups is 1. The highest BCUT2D eigenvalue weighted by Crippen LogP contribution is 2.39. The summed E-state index contributed by atoms with van der Waals surface area (Å²) in [5, 5.41) is 1.99. The van der Waals surface area contributed by atoms with Crippen molar-refractivity contribution >= 4 is 52.5 Å². The van der Waals surface area contributed by atoms with Crippen molar-refractivity contribution in [3.63, 3.8) is 0 Å². The summed E-state index contributed by atoms with van der Waals surface area (Å²) in [4.78, 5) is 16.9. The molecule has 0 aliphatic carbocycles. The Morgan fingerprint density at radius 1 is 1.14 bits per heavy atom. The molecule has 0 saturated carbocycles.